The van der Waals surface area contributed by atoms with Gasteiger partial charge in [-0.3, -0.25) is 4.90 Å². The van der Waals surface area contributed by atoms with E-state index in [9.17, 15) is 5.11 Å². The predicted octanol–water partition coefficient (Wildman–Crippen LogP) is 5.39. The van der Waals surface area contributed by atoms with Crippen molar-refractivity contribution in [2.24, 2.45) is 0 Å². The van der Waals surface area contributed by atoms with Gasteiger partial charge in [0.1, 0.15) is 11.5 Å². The molecule has 1 atom stereocenters. The number of hydrogen-bond donors (Lipinski definition) is 1. The lowest BCUT2D eigenvalue weighted by Crippen LogP contribution is -2.31. The highest BCUT2D eigenvalue weighted by molar-refractivity contribution is 5.46. The number of hydrogen-bond acceptors (Lipinski definition) is 5. The summed E-state index contributed by atoms with van der Waals surface area (Å²) in [5.74, 6) is 2.48. The molecule has 0 aliphatic carbocycles. The molecular formula is C26H35N3O3. The molecule has 0 spiro atoms. The Balaban J connectivity index is 2.12. The Hall–Kier alpha value is -2.83. The topological polar surface area (TPSA) is 59.8 Å². The molecule has 172 valence electrons. The number of benzene rings is 2. The van der Waals surface area contributed by atoms with Gasteiger partial charge in [-0.1, -0.05) is 39.0 Å². The van der Waals surface area contributed by atoms with Crippen LogP contribution in [0.3, 0.4) is 0 Å². The van der Waals surface area contributed by atoms with Gasteiger partial charge in [-0.05, 0) is 62.2 Å². The molecule has 0 fully saturated rings. The molecule has 0 aliphatic heterocycles. The Morgan fingerprint density at radius 2 is 1.69 bits per heavy atom. The van der Waals surface area contributed by atoms with E-state index in [4.69, 9.17) is 14.6 Å². The second-order valence-electron chi connectivity index (χ2n) is 8.43. The fraction of sp³-hybridized carbons (Fsp3) is 0.423. The zero-order chi connectivity index (χ0) is 23.1. The van der Waals surface area contributed by atoms with Gasteiger partial charge in [0.2, 0.25) is 5.88 Å². The molecule has 3 rings (SSSR count). The average Bonchev–Trinajstić information content (AvgIpc) is 3.12. The van der Waals surface area contributed by atoms with Crippen molar-refractivity contribution >= 4 is 0 Å². The summed E-state index contributed by atoms with van der Waals surface area (Å²) in [7, 11) is 1.66. The normalized spacial score (nSPS) is 12.4. The van der Waals surface area contributed by atoms with E-state index in [1.165, 1.54) is 0 Å². The van der Waals surface area contributed by atoms with Gasteiger partial charge in [-0.25, -0.2) is 4.68 Å². The molecule has 6 heteroatoms. The van der Waals surface area contributed by atoms with E-state index in [-0.39, 0.29) is 5.92 Å². The lowest BCUT2D eigenvalue weighted by Gasteiger charge is -2.24. The molecule has 0 bridgehead atoms. The minimum Gasteiger partial charge on any atom is -0.497 e. The minimum absolute atomic E-state index is 0.220. The summed E-state index contributed by atoms with van der Waals surface area (Å²) < 4.78 is 13.6. The highest BCUT2D eigenvalue weighted by Gasteiger charge is 2.25. The molecular weight excluding hydrogens is 402 g/mol. The number of aliphatic hydroxyl groups is 1. The van der Waals surface area contributed by atoms with Crippen LogP contribution in [-0.4, -0.2) is 46.1 Å². The third-order valence-corrected chi connectivity index (χ3v) is 5.23. The maximum absolute atomic E-state index is 10.0. The van der Waals surface area contributed by atoms with Crippen LogP contribution in [0.5, 0.6) is 17.4 Å². The Labute approximate surface area is 191 Å². The van der Waals surface area contributed by atoms with Crippen molar-refractivity contribution in [1.29, 1.82) is 0 Å². The molecule has 1 heterocycles. The molecule has 32 heavy (non-hydrogen) atoms. The second kappa shape index (κ2) is 11.2. The Morgan fingerprint density at radius 1 is 1.00 bits per heavy atom. The van der Waals surface area contributed by atoms with Crippen LogP contribution in [0.2, 0.25) is 0 Å². The Bertz CT molecular complexity index is 966. The van der Waals surface area contributed by atoms with Gasteiger partial charge < -0.3 is 14.6 Å². The number of nitrogens with zero attached hydrogens (tertiary/aromatic N) is 3. The minimum atomic E-state index is -0.404. The fourth-order valence-electron chi connectivity index (χ4n) is 3.82. The quantitative estimate of drug-likeness (QED) is 0.436. The first-order valence-corrected chi connectivity index (χ1v) is 11.3. The molecule has 0 radical (unpaired) electrons. The summed E-state index contributed by atoms with van der Waals surface area (Å²) in [4.78, 5) is 2.27. The van der Waals surface area contributed by atoms with Crippen molar-refractivity contribution in [2.75, 3.05) is 20.2 Å². The molecule has 6 nitrogen and oxygen atoms in total. The molecule has 1 N–H and O–H groups in total. The summed E-state index contributed by atoms with van der Waals surface area (Å²) >= 11 is 0. The summed E-state index contributed by atoms with van der Waals surface area (Å²) in [5.41, 5.74) is 2.95. The zero-order valence-corrected chi connectivity index (χ0v) is 19.8. The summed E-state index contributed by atoms with van der Waals surface area (Å²) in [6.45, 7) is 10.4. The van der Waals surface area contributed by atoms with Gasteiger partial charge in [0.05, 0.1) is 30.2 Å². The number of aliphatic hydroxyl groups excluding tert-OH is 1. The van der Waals surface area contributed by atoms with Crippen molar-refractivity contribution in [3.8, 4) is 23.1 Å². The Morgan fingerprint density at radius 3 is 2.25 bits per heavy atom. The second-order valence-corrected chi connectivity index (χ2v) is 8.43. The van der Waals surface area contributed by atoms with Crippen LogP contribution < -0.4 is 9.47 Å². The summed E-state index contributed by atoms with van der Waals surface area (Å²) in [5, 5.41) is 15.0. The zero-order valence-electron chi connectivity index (χ0n) is 19.8. The number of ether oxygens (including phenoxy) is 2. The van der Waals surface area contributed by atoms with Crippen molar-refractivity contribution < 1.29 is 14.6 Å². The SMILES string of the molecule is CCCN(Cc1c(C(C)C)nn(-c2ccc(OC)cc2)c1Oc1ccccc1)C[C@H](C)O. The molecule has 0 saturated heterocycles. The summed E-state index contributed by atoms with van der Waals surface area (Å²) in [6.07, 6.45) is 0.602. The van der Waals surface area contributed by atoms with E-state index < -0.39 is 6.10 Å². The van der Waals surface area contributed by atoms with Crippen LogP contribution in [-0.2, 0) is 6.54 Å². The van der Waals surface area contributed by atoms with E-state index in [1.807, 2.05) is 66.2 Å². The molecule has 0 saturated carbocycles. The molecule has 1 aromatic heterocycles. The maximum atomic E-state index is 10.0. The van der Waals surface area contributed by atoms with E-state index in [2.05, 4.69) is 25.7 Å². The first kappa shape index (κ1) is 23.8. The van der Waals surface area contributed by atoms with Crippen LogP contribution >= 0.6 is 0 Å². The fourth-order valence-corrected chi connectivity index (χ4v) is 3.82. The smallest absolute Gasteiger partial charge is 0.227 e. The van der Waals surface area contributed by atoms with E-state index >= 15 is 0 Å². The van der Waals surface area contributed by atoms with Crippen molar-refractivity contribution in [3.63, 3.8) is 0 Å². The monoisotopic (exact) mass is 437 g/mol. The number of para-hydroxylation sites is 1. The lowest BCUT2D eigenvalue weighted by molar-refractivity contribution is 0.121. The van der Waals surface area contributed by atoms with E-state index in [0.717, 1.165) is 41.4 Å². The average molecular weight is 438 g/mol. The Kier molecular flexibility index (Phi) is 8.31. The van der Waals surface area contributed by atoms with Gasteiger partial charge in [-0.15, -0.1) is 0 Å². The van der Waals surface area contributed by atoms with Crippen LogP contribution in [0.4, 0.5) is 0 Å². The van der Waals surface area contributed by atoms with Crippen LogP contribution in [0.15, 0.2) is 54.6 Å². The van der Waals surface area contributed by atoms with Crippen LogP contribution in [0.25, 0.3) is 5.69 Å². The maximum Gasteiger partial charge on any atom is 0.227 e. The molecule has 0 unspecified atom stereocenters. The number of methoxy groups -OCH3 is 1. The van der Waals surface area contributed by atoms with Gasteiger partial charge in [0.25, 0.3) is 0 Å². The third-order valence-electron chi connectivity index (χ3n) is 5.23. The number of rotatable bonds is 11. The highest BCUT2D eigenvalue weighted by Crippen LogP contribution is 2.35. The van der Waals surface area contributed by atoms with E-state index in [1.54, 1.807) is 7.11 Å². The van der Waals surface area contributed by atoms with Gasteiger partial charge >= 0.3 is 0 Å². The lowest BCUT2D eigenvalue weighted by atomic mass is 10.1. The number of aromatic nitrogens is 2. The van der Waals surface area contributed by atoms with Crippen LogP contribution in [0, 0.1) is 0 Å². The van der Waals surface area contributed by atoms with E-state index in [0.29, 0.717) is 19.0 Å². The van der Waals surface area contributed by atoms with Crippen LogP contribution in [0.1, 0.15) is 51.3 Å². The van der Waals surface area contributed by atoms with Gasteiger partial charge in [0.15, 0.2) is 0 Å². The van der Waals surface area contributed by atoms with Crippen molar-refractivity contribution in [3.05, 3.63) is 65.9 Å². The third kappa shape index (κ3) is 5.90. The molecule has 2 aromatic carbocycles. The van der Waals surface area contributed by atoms with Crippen molar-refractivity contribution in [2.45, 2.75) is 52.7 Å². The summed E-state index contributed by atoms with van der Waals surface area (Å²) in [6, 6.07) is 17.6. The highest BCUT2D eigenvalue weighted by atomic mass is 16.5. The largest absolute Gasteiger partial charge is 0.497 e. The first-order valence-electron chi connectivity index (χ1n) is 11.3. The van der Waals surface area contributed by atoms with Gasteiger partial charge in [0, 0.05) is 13.1 Å². The predicted molar refractivity (Wildman–Crippen MR) is 128 cm³/mol. The molecule has 0 aliphatic rings. The molecule has 0 amide bonds. The van der Waals surface area contributed by atoms with Gasteiger partial charge in [-0.2, -0.15) is 5.10 Å². The first-order chi connectivity index (χ1) is 15.4. The van der Waals surface area contributed by atoms with Crippen molar-refractivity contribution in [1.82, 2.24) is 14.7 Å². The molecule has 3 aromatic rings. The standard InChI is InChI=1S/C26H35N3O3/c1-6-16-28(17-20(4)30)18-24-25(19(2)3)27-29(21-12-14-22(31-5)15-13-21)26(24)32-23-10-8-7-9-11-23/h7-15,19-20,30H,6,16-18H2,1-5H3/t20-/m0/s1.